The number of primary amides is 1. The normalized spacial score (nSPS) is 22.9. The molecule has 0 spiro atoms. The molecule has 4 atom stereocenters. The van der Waals surface area contributed by atoms with Crippen LogP contribution in [0.1, 0.15) is 6.92 Å². The maximum atomic E-state index is 10.5. The highest BCUT2D eigenvalue weighted by atomic mass is 16.4. The molecule has 0 radical (unpaired) electrons. The van der Waals surface area contributed by atoms with Crippen molar-refractivity contribution >= 4 is 5.91 Å². The Bertz CT molecular complexity index is 193. The predicted molar refractivity (Wildman–Crippen MR) is 42.0 cm³/mol. The van der Waals surface area contributed by atoms with Crippen LogP contribution >= 0.6 is 0 Å². The number of hydrogen-bond acceptors (Lipinski definition) is 6. The van der Waals surface area contributed by atoms with Gasteiger partial charge in [-0.1, -0.05) is 0 Å². The number of aliphatic hydroxyl groups is 4. The van der Waals surface area contributed by atoms with Gasteiger partial charge in [-0.3, -0.25) is 10.5 Å². The number of carbonyl (C=O) groups excluding carboxylic acids is 1. The number of hydrogen-bond donors (Lipinski definition) is 6. The molecule has 8 N–H and O–H groups in total. The Morgan fingerprint density at radius 2 is 1.77 bits per heavy atom. The second-order valence-corrected chi connectivity index (χ2v) is 2.87. The smallest absolute Gasteiger partial charge is 0.267 e. The molecule has 7 heteroatoms. The summed E-state index contributed by atoms with van der Waals surface area (Å²) in [5, 5.41) is 36.0. The van der Waals surface area contributed by atoms with Gasteiger partial charge in [-0.15, -0.1) is 0 Å². The van der Waals surface area contributed by atoms with E-state index < -0.39 is 29.9 Å². The fraction of sp³-hybridized carbons (Fsp3) is 0.833. The fourth-order valence-corrected chi connectivity index (χ4v) is 0.670. The van der Waals surface area contributed by atoms with Gasteiger partial charge in [0.1, 0.15) is 12.2 Å². The quantitative estimate of drug-likeness (QED) is 0.253. The third kappa shape index (κ3) is 2.61. The van der Waals surface area contributed by atoms with Crippen molar-refractivity contribution in [3.05, 3.63) is 0 Å². The Hall–Kier alpha value is -0.730. The number of amides is 1. The third-order valence-electron chi connectivity index (χ3n) is 1.66. The Morgan fingerprint density at radius 1 is 1.38 bits per heavy atom. The predicted octanol–water partition coefficient (Wildman–Crippen LogP) is -3.78. The molecule has 0 rings (SSSR count). The molecule has 0 saturated heterocycles. The van der Waals surface area contributed by atoms with Gasteiger partial charge < -0.3 is 26.2 Å². The number of carbonyl (C=O) groups is 1. The second kappa shape index (κ2) is 3.99. The summed E-state index contributed by atoms with van der Waals surface area (Å²) in [6, 6.07) is 0. The Balaban J connectivity index is 4.58. The molecular formula is C6H14N2O5. The molecule has 13 heavy (non-hydrogen) atoms. The monoisotopic (exact) mass is 194 g/mol. The molecule has 0 heterocycles. The highest BCUT2D eigenvalue weighted by Crippen LogP contribution is 2.10. The number of rotatable bonds is 4. The first-order valence-electron chi connectivity index (χ1n) is 3.56. The lowest BCUT2D eigenvalue weighted by Crippen LogP contribution is -2.65. The van der Waals surface area contributed by atoms with Crippen LogP contribution in [0.2, 0.25) is 0 Å². The van der Waals surface area contributed by atoms with Gasteiger partial charge >= 0.3 is 0 Å². The molecule has 7 nitrogen and oxygen atoms in total. The summed E-state index contributed by atoms with van der Waals surface area (Å²) in [4.78, 5) is 10.5. The van der Waals surface area contributed by atoms with Crippen LogP contribution < -0.4 is 11.5 Å². The molecule has 1 amide bonds. The van der Waals surface area contributed by atoms with Gasteiger partial charge in [-0.2, -0.15) is 0 Å². The van der Waals surface area contributed by atoms with E-state index in [2.05, 4.69) is 5.73 Å². The van der Waals surface area contributed by atoms with Gasteiger partial charge in [0.05, 0.1) is 6.10 Å². The molecule has 0 aliphatic heterocycles. The summed E-state index contributed by atoms with van der Waals surface area (Å²) in [7, 11) is 0. The zero-order chi connectivity index (χ0) is 10.8. The van der Waals surface area contributed by atoms with E-state index in [1.165, 1.54) is 0 Å². The topological polar surface area (TPSA) is 150 Å². The summed E-state index contributed by atoms with van der Waals surface area (Å²) in [5.41, 5.74) is 6.79. The fourth-order valence-electron chi connectivity index (χ4n) is 0.670. The SMILES string of the molecule is C[C@@H](O)[C@@H](O)[C@H](O)[C@@](N)(O)C(N)=O. The molecule has 0 aliphatic rings. The highest BCUT2D eigenvalue weighted by Gasteiger charge is 2.43. The van der Waals surface area contributed by atoms with Crippen molar-refractivity contribution in [1.82, 2.24) is 0 Å². The Morgan fingerprint density at radius 3 is 2.00 bits per heavy atom. The van der Waals surface area contributed by atoms with E-state index in [4.69, 9.17) is 26.2 Å². The first-order chi connectivity index (χ1) is 5.71. The van der Waals surface area contributed by atoms with Crippen molar-refractivity contribution in [3.63, 3.8) is 0 Å². The van der Waals surface area contributed by atoms with Gasteiger partial charge in [0.2, 0.25) is 5.72 Å². The molecule has 0 fully saturated rings. The molecule has 0 aromatic rings. The van der Waals surface area contributed by atoms with E-state index in [0.717, 1.165) is 6.92 Å². The van der Waals surface area contributed by atoms with Crippen LogP contribution in [0.4, 0.5) is 0 Å². The Labute approximate surface area is 74.6 Å². The lowest BCUT2D eigenvalue weighted by molar-refractivity contribution is -0.168. The highest BCUT2D eigenvalue weighted by molar-refractivity contribution is 5.83. The maximum absolute atomic E-state index is 10.5. The minimum atomic E-state index is -2.75. The van der Waals surface area contributed by atoms with Gasteiger partial charge in [-0.05, 0) is 6.92 Å². The second-order valence-electron chi connectivity index (χ2n) is 2.87. The van der Waals surface area contributed by atoms with Gasteiger partial charge in [0.15, 0.2) is 0 Å². The van der Waals surface area contributed by atoms with Crippen molar-refractivity contribution in [2.75, 3.05) is 0 Å². The van der Waals surface area contributed by atoms with Crippen molar-refractivity contribution in [2.45, 2.75) is 31.0 Å². The summed E-state index contributed by atoms with van der Waals surface area (Å²) in [6.07, 6.45) is -5.13. The van der Waals surface area contributed by atoms with Crippen molar-refractivity contribution in [3.8, 4) is 0 Å². The zero-order valence-corrected chi connectivity index (χ0v) is 7.08. The number of aliphatic hydroxyl groups excluding tert-OH is 3. The maximum Gasteiger partial charge on any atom is 0.267 e. The van der Waals surface area contributed by atoms with E-state index in [1.807, 2.05) is 0 Å². The molecule has 0 aromatic heterocycles. The third-order valence-corrected chi connectivity index (χ3v) is 1.66. The minimum absolute atomic E-state index is 1.16. The summed E-state index contributed by atoms with van der Waals surface area (Å²) in [5.74, 6) is -1.39. The van der Waals surface area contributed by atoms with E-state index in [1.54, 1.807) is 0 Å². The Kier molecular flexibility index (Phi) is 3.76. The lowest BCUT2D eigenvalue weighted by Gasteiger charge is -2.30. The molecule has 0 aromatic carbocycles. The molecule has 0 aliphatic carbocycles. The van der Waals surface area contributed by atoms with Crippen LogP contribution in [0.3, 0.4) is 0 Å². The van der Waals surface area contributed by atoms with Crippen LogP contribution in [-0.2, 0) is 4.79 Å². The minimum Gasteiger partial charge on any atom is -0.391 e. The molecular weight excluding hydrogens is 180 g/mol. The van der Waals surface area contributed by atoms with Gasteiger partial charge in [-0.25, -0.2) is 0 Å². The van der Waals surface area contributed by atoms with Crippen molar-refractivity contribution in [2.24, 2.45) is 11.5 Å². The average Bonchev–Trinajstić information content (AvgIpc) is 2.01. The van der Waals surface area contributed by atoms with Crippen LogP contribution in [0, 0.1) is 0 Å². The molecule has 0 bridgehead atoms. The molecule has 78 valence electrons. The summed E-state index contributed by atoms with van der Waals surface area (Å²) < 4.78 is 0. The standard InChI is InChI=1S/C6H14N2O5/c1-2(9)3(10)4(11)6(8,13)5(7)12/h2-4,9-11,13H,8H2,1H3,(H2,7,12)/t2-,3-,4+,6-/m1/s1. The zero-order valence-electron chi connectivity index (χ0n) is 7.08. The van der Waals surface area contributed by atoms with Crippen LogP contribution in [-0.4, -0.2) is 50.4 Å². The summed E-state index contributed by atoms with van der Waals surface area (Å²) in [6.45, 7) is 1.16. The van der Waals surface area contributed by atoms with Crippen molar-refractivity contribution in [1.29, 1.82) is 0 Å². The van der Waals surface area contributed by atoms with Gasteiger partial charge in [0, 0.05) is 0 Å². The summed E-state index contributed by atoms with van der Waals surface area (Å²) >= 11 is 0. The van der Waals surface area contributed by atoms with Crippen LogP contribution in [0.15, 0.2) is 0 Å². The van der Waals surface area contributed by atoms with Gasteiger partial charge in [0.25, 0.3) is 5.91 Å². The van der Waals surface area contributed by atoms with E-state index in [9.17, 15) is 4.79 Å². The van der Waals surface area contributed by atoms with Crippen molar-refractivity contribution < 1.29 is 25.2 Å². The van der Waals surface area contributed by atoms with E-state index in [0.29, 0.717) is 0 Å². The average molecular weight is 194 g/mol. The van der Waals surface area contributed by atoms with Crippen LogP contribution in [0.25, 0.3) is 0 Å². The van der Waals surface area contributed by atoms with Crippen LogP contribution in [0.5, 0.6) is 0 Å². The first-order valence-corrected chi connectivity index (χ1v) is 3.56. The number of nitrogens with two attached hydrogens (primary N) is 2. The first kappa shape index (κ1) is 12.3. The van der Waals surface area contributed by atoms with E-state index >= 15 is 0 Å². The molecule has 0 saturated carbocycles. The molecule has 0 unspecified atom stereocenters. The lowest BCUT2D eigenvalue weighted by atomic mass is 9.98. The van der Waals surface area contributed by atoms with E-state index in [-0.39, 0.29) is 0 Å². The largest absolute Gasteiger partial charge is 0.391 e.